The summed E-state index contributed by atoms with van der Waals surface area (Å²) in [4.78, 5) is 16.5. The molecule has 1 heterocycles. The molecule has 0 bridgehead atoms. The molecule has 8 heteroatoms. The largest absolute Gasteiger partial charge is 0.497 e. The van der Waals surface area contributed by atoms with Crippen molar-refractivity contribution in [2.24, 2.45) is 0 Å². The predicted molar refractivity (Wildman–Crippen MR) is 105 cm³/mol. The van der Waals surface area contributed by atoms with Crippen molar-refractivity contribution in [3.63, 3.8) is 0 Å². The molecule has 2 amide bonds. The Morgan fingerprint density at radius 3 is 2.62 bits per heavy atom. The summed E-state index contributed by atoms with van der Waals surface area (Å²) in [5.41, 5.74) is 1.75. The first kappa shape index (κ1) is 18.3. The number of ether oxygens (including phenoxy) is 2. The van der Waals surface area contributed by atoms with Crippen LogP contribution in [0.1, 0.15) is 5.56 Å². The number of carbonyl (C=O) groups is 1. The standard InChI is InChI=1S/C18H18ClN3O3S/c1-24-12-5-3-11(4-6-12)9-10-20-17(23)22-18-21-15-14(25-2)8-7-13(19)16(15)26-18/h3-8H,9-10H2,1-2H3,(H2,20,21,22,23). The van der Waals surface area contributed by atoms with Crippen LogP contribution < -0.4 is 20.1 Å². The van der Waals surface area contributed by atoms with Gasteiger partial charge < -0.3 is 14.8 Å². The van der Waals surface area contributed by atoms with E-state index in [1.54, 1.807) is 26.4 Å². The first-order chi connectivity index (χ1) is 12.6. The maximum absolute atomic E-state index is 12.1. The molecule has 1 aromatic heterocycles. The van der Waals surface area contributed by atoms with Gasteiger partial charge in [-0.15, -0.1) is 0 Å². The second-order valence-electron chi connectivity index (χ2n) is 5.43. The molecule has 3 aromatic rings. The second-order valence-corrected chi connectivity index (χ2v) is 6.83. The molecule has 136 valence electrons. The third-order valence-corrected chi connectivity index (χ3v) is 5.19. The Labute approximate surface area is 160 Å². The molecule has 0 fully saturated rings. The minimum atomic E-state index is -0.312. The molecule has 0 atom stereocenters. The number of urea groups is 1. The third-order valence-electron chi connectivity index (χ3n) is 3.76. The van der Waals surface area contributed by atoms with Crippen LogP contribution >= 0.6 is 22.9 Å². The summed E-state index contributed by atoms with van der Waals surface area (Å²) in [7, 11) is 3.20. The number of carbonyl (C=O) groups excluding carboxylic acids is 1. The van der Waals surface area contributed by atoms with Gasteiger partial charge >= 0.3 is 6.03 Å². The van der Waals surface area contributed by atoms with Crippen LogP contribution in [0.2, 0.25) is 5.02 Å². The molecular formula is C18H18ClN3O3S. The molecule has 0 unspecified atom stereocenters. The van der Waals surface area contributed by atoms with E-state index in [0.717, 1.165) is 22.4 Å². The summed E-state index contributed by atoms with van der Waals surface area (Å²) in [6.07, 6.45) is 0.719. The summed E-state index contributed by atoms with van der Waals surface area (Å²) in [5.74, 6) is 1.43. The van der Waals surface area contributed by atoms with E-state index < -0.39 is 0 Å². The Kier molecular flexibility index (Phi) is 5.80. The van der Waals surface area contributed by atoms with E-state index in [1.807, 2.05) is 24.3 Å². The van der Waals surface area contributed by atoms with Gasteiger partial charge in [0.05, 0.1) is 23.9 Å². The second kappa shape index (κ2) is 8.25. The number of thiazole rings is 1. The number of nitrogens with one attached hydrogen (secondary N) is 2. The fourth-order valence-corrected chi connectivity index (χ4v) is 3.58. The zero-order valence-corrected chi connectivity index (χ0v) is 15.9. The van der Waals surface area contributed by atoms with Crippen molar-refractivity contribution in [2.75, 3.05) is 26.1 Å². The number of benzene rings is 2. The number of hydrogen-bond donors (Lipinski definition) is 2. The smallest absolute Gasteiger partial charge is 0.321 e. The molecule has 0 aliphatic carbocycles. The number of nitrogens with zero attached hydrogens (tertiary/aromatic N) is 1. The molecule has 26 heavy (non-hydrogen) atoms. The van der Waals surface area contributed by atoms with Crippen LogP contribution in [0.5, 0.6) is 11.5 Å². The topological polar surface area (TPSA) is 72.5 Å². The van der Waals surface area contributed by atoms with Crippen molar-refractivity contribution >= 4 is 44.3 Å². The summed E-state index contributed by atoms with van der Waals surface area (Å²) in [6.45, 7) is 0.507. The minimum absolute atomic E-state index is 0.312. The number of fused-ring (bicyclic) bond motifs is 1. The van der Waals surface area contributed by atoms with Crippen molar-refractivity contribution in [2.45, 2.75) is 6.42 Å². The molecule has 0 aliphatic rings. The maximum atomic E-state index is 12.1. The highest BCUT2D eigenvalue weighted by atomic mass is 35.5. The van der Waals surface area contributed by atoms with Crippen molar-refractivity contribution in [1.82, 2.24) is 10.3 Å². The van der Waals surface area contributed by atoms with Crippen molar-refractivity contribution < 1.29 is 14.3 Å². The molecule has 0 spiro atoms. The van der Waals surface area contributed by atoms with Crippen molar-refractivity contribution in [3.05, 3.63) is 47.0 Å². The monoisotopic (exact) mass is 391 g/mol. The van der Waals surface area contributed by atoms with E-state index in [2.05, 4.69) is 15.6 Å². The van der Waals surface area contributed by atoms with Crippen molar-refractivity contribution in [1.29, 1.82) is 0 Å². The summed E-state index contributed by atoms with van der Waals surface area (Å²) in [6, 6.07) is 10.9. The minimum Gasteiger partial charge on any atom is -0.497 e. The first-order valence-electron chi connectivity index (χ1n) is 7.91. The van der Waals surface area contributed by atoms with Gasteiger partial charge in [-0.25, -0.2) is 9.78 Å². The highest BCUT2D eigenvalue weighted by Crippen LogP contribution is 2.37. The summed E-state index contributed by atoms with van der Waals surface area (Å²) >= 11 is 7.49. The zero-order chi connectivity index (χ0) is 18.5. The predicted octanol–water partition coefficient (Wildman–Crippen LogP) is 4.33. The van der Waals surface area contributed by atoms with Crippen LogP contribution in [-0.2, 0) is 6.42 Å². The van der Waals surface area contributed by atoms with Gasteiger partial charge in [0.25, 0.3) is 0 Å². The van der Waals surface area contributed by atoms with Crippen LogP contribution in [0.3, 0.4) is 0 Å². The quantitative estimate of drug-likeness (QED) is 0.656. The Balaban J connectivity index is 1.57. The van der Waals surface area contributed by atoms with E-state index in [9.17, 15) is 4.79 Å². The lowest BCUT2D eigenvalue weighted by Crippen LogP contribution is -2.30. The third kappa shape index (κ3) is 4.17. The average Bonchev–Trinajstić information content (AvgIpc) is 3.07. The van der Waals surface area contributed by atoms with Crippen LogP contribution in [0, 0.1) is 0 Å². The average molecular weight is 392 g/mol. The number of anilines is 1. The van der Waals surface area contributed by atoms with Crippen LogP contribution in [0.15, 0.2) is 36.4 Å². The van der Waals surface area contributed by atoms with Crippen LogP contribution in [0.4, 0.5) is 9.93 Å². The summed E-state index contributed by atoms with van der Waals surface area (Å²) < 4.78 is 11.2. The number of aromatic nitrogens is 1. The van der Waals surface area contributed by atoms with Gasteiger partial charge in [0, 0.05) is 6.54 Å². The molecular weight excluding hydrogens is 374 g/mol. The fraction of sp³-hybridized carbons (Fsp3) is 0.222. The van der Waals surface area contributed by atoms with E-state index in [0.29, 0.717) is 28.0 Å². The van der Waals surface area contributed by atoms with Gasteiger partial charge in [-0.2, -0.15) is 0 Å². The van der Waals surface area contributed by atoms with E-state index >= 15 is 0 Å². The van der Waals surface area contributed by atoms with Crippen LogP contribution in [0.25, 0.3) is 10.2 Å². The van der Waals surface area contributed by atoms with Gasteiger partial charge in [0.1, 0.15) is 17.0 Å². The number of halogens is 1. The molecule has 0 saturated carbocycles. The lowest BCUT2D eigenvalue weighted by molar-refractivity contribution is 0.252. The van der Waals surface area contributed by atoms with E-state index in [-0.39, 0.29) is 6.03 Å². The highest BCUT2D eigenvalue weighted by molar-refractivity contribution is 7.23. The maximum Gasteiger partial charge on any atom is 0.321 e. The highest BCUT2D eigenvalue weighted by Gasteiger charge is 2.13. The lowest BCUT2D eigenvalue weighted by atomic mass is 10.1. The number of amides is 2. The molecule has 0 saturated heterocycles. The number of rotatable bonds is 6. The molecule has 2 N–H and O–H groups in total. The zero-order valence-electron chi connectivity index (χ0n) is 14.3. The Hall–Kier alpha value is -2.51. The van der Waals surface area contributed by atoms with Gasteiger partial charge in [-0.3, -0.25) is 5.32 Å². The van der Waals surface area contributed by atoms with E-state index in [1.165, 1.54) is 11.3 Å². The Morgan fingerprint density at radius 2 is 1.92 bits per heavy atom. The van der Waals surface area contributed by atoms with Crippen molar-refractivity contribution in [3.8, 4) is 11.5 Å². The molecule has 3 rings (SSSR count). The number of hydrogen-bond acceptors (Lipinski definition) is 5. The SMILES string of the molecule is COc1ccc(CCNC(=O)Nc2nc3c(OC)ccc(Cl)c3s2)cc1. The molecule has 0 aliphatic heterocycles. The molecule has 2 aromatic carbocycles. The molecule has 0 radical (unpaired) electrons. The normalized spacial score (nSPS) is 10.6. The van der Waals surface area contributed by atoms with Gasteiger partial charge in [0.2, 0.25) is 0 Å². The van der Waals surface area contributed by atoms with Gasteiger partial charge in [-0.1, -0.05) is 35.1 Å². The van der Waals surface area contributed by atoms with Gasteiger partial charge in [-0.05, 0) is 36.2 Å². The lowest BCUT2D eigenvalue weighted by Gasteiger charge is -2.06. The fourth-order valence-electron chi connectivity index (χ4n) is 2.42. The Morgan fingerprint density at radius 1 is 1.15 bits per heavy atom. The van der Waals surface area contributed by atoms with Gasteiger partial charge in [0.15, 0.2) is 5.13 Å². The van der Waals surface area contributed by atoms with Crippen LogP contribution in [-0.4, -0.2) is 31.8 Å². The first-order valence-corrected chi connectivity index (χ1v) is 9.11. The van der Waals surface area contributed by atoms with E-state index in [4.69, 9.17) is 21.1 Å². The Bertz CT molecular complexity index is 912. The number of methoxy groups -OCH3 is 2. The summed E-state index contributed by atoms with van der Waals surface area (Å²) in [5, 5.41) is 6.60. The molecule has 6 nitrogen and oxygen atoms in total.